The summed E-state index contributed by atoms with van der Waals surface area (Å²) in [5.74, 6) is -0.0719. The number of benzene rings is 1. The largest absolute Gasteiger partial charge is 0.334 e. The summed E-state index contributed by atoms with van der Waals surface area (Å²) in [4.78, 5) is 31.4. The highest BCUT2D eigenvalue weighted by atomic mass is 32.1. The number of nitrogens with zero attached hydrogens (tertiary/aromatic N) is 2. The fourth-order valence-electron chi connectivity index (χ4n) is 2.78. The normalized spacial score (nSPS) is 10.8. The number of carbonyl (C=O) groups is 1. The highest BCUT2D eigenvalue weighted by Crippen LogP contribution is 2.17. The maximum Gasteiger partial charge on any atom is 0.262 e. The first-order valence-electron chi connectivity index (χ1n) is 8.24. The summed E-state index contributed by atoms with van der Waals surface area (Å²) in [6, 6.07) is 9.06. The summed E-state index contributed by atoms with van der Waals surface area (Å²) in [6.07, 6.45) is 1.62. The Morgan fingerprint density at radius 1 is 1.42 bits per heavy atom. The van der Waals surface area contributed by atoms with Gasteiger partial charge in [0.05, 0.1) is 17.4 Å². The third-order valence-corrected chi connectivity index (χ3v) is 5.32. The molecule has 0 spiro atoms. The minimum Gasteiger partial charge on any atom is -0.334 e. The molecule has 0 unspecified atom stereocenters. The molecule has 0 saturated carbocycles. The lowest BCUT2D eigenvalue weighted by Crippen LogP contribution is -2.30. The third kappa shape index (κ3) is 3.54. The van der Waals surface area contributed by atoms with E-state index in [9.17, 15) is 9.59 Å². The molecule has 1 amide bonds. The van der Waals surface area contributed by atoms with Gasteiger partial charge in [-0.1, -0.05) is 12.1 Å². The van der Waals surface area contributed by atoms with E-state index in [-0.39, 0.29) is 11.5 Å². The molecule has 0 aliphatic heterocycles. The first kappa shape index (κ1) is 18.3. The number of rotatable bonds is 6. The summed E-state index contributed by atoms with van der Waals surface area (Å²) in [5, 5.41) is 2.50. The molecular weight excluding hydrogens is 366 g/mol. The van der Waals surface area contributed by atoms with E-state index in [0.29, 0.717) is 40.9 Å². The van der Waals surface area contributed by atoms with Gasteiger partial charge in [0.2, 0.25) is 0 Å². The molecule has 0 saturated heterocycles. The number of hydrogen-bond donors (Lipinski definition) is 1. The van der Waals surface area contributed by atoms with Crippen LogP contribution in [0.15, 0.2) is 53.2 Å². The van der Waals surface area contributed by atoms with Crippen molar-refractivity contribution in [2.24, 2.45) is 0 Å². The van der Waals surface area contributed by atoms with Crippen molar-refractivity contribution < 1.29 is 4.79 Å². The number of fused-ring (bicyclic) bond motifs is 1. The van der Waals surface area contributed by atoms with E-state index < -0.39 is 0 Å². The zero-order chi connectivity index (χ0) is 18.7. The number of nitrogens with one attached hydrogen (secondary N) is 1. The van der Waals surface area contributed by atoms with E-state index in [1.165, 1.54) is 4.57 Å². The zero-order valence-corrected chi connectivity index (χ0v) is 16.0. The fourth-order valence-corrected chi connectivity index (χ4v) is 3.77. The van der Waals surface area contributed by atoms with Gasteiger partial charge in [0.15, 0.2) is 4.77 Å². The lowest BCUT2D eigenvalue weighted by Gasteiger charge is -2.20. The van der Waals surface area contributed by atoms with E-state index in [0.717, 1.165) is 4.88 Å². The van der Waals surface area contributed by atoms with Crippen LogP contribution in [-0.4, -0.2) is 26.9 Å². The Morgan fingerprint density at radius 2 is 2.23 bits per heavy atom. The average Bonchev–Trinajstić information content (AvgIpc) is 3.15. The smallest absolute Gasteiger partial charge is 0.262 e. The number of aromatic amines is 1. The van der Waals surface area contributed by atoms with Crippen molar-refractivity contribution in [2.45, 2.75) is 20.0 Å². The molecule has 0 atom stereocenters. The highest BCUT2D eigenvalue weighted by molar-refractivity contribution is 7.71. The minimum absolute atomic E-state index is 0.0719. The Bertz CT molecular complexity index is 1060. The maximum atomic E-state index is 12.9. The highest BCUT2D eigenvalue weighted by Gasteiger charge is 2.16. The van der Waals surface area contributed by atoms with Gasteiger partial charge in [-0.15, -0.1) is 17.9 Å². The van der Waals surface area contributed by atoms with Crippen LogP contribution in [0.3, 0.4) is 0 Å². The molecule has 3 rings (SSSR count). The predicted molar refractivity (Wildman–Crippen MR) is 108 cm³/mol. The van der Waals surface area contributed by atoms with Crippen LogP contribution in [0.25, 0.3) is 10.9 Å². The van der Waals surface area contributed by atoms with Crippen LogP contribution < -0.4 is 5.56 Å². The third-order valence-electron chi connectivity index (χ3n) is 4.14. The Balaban J connectivity index is 1.99. The SMILES string of the molecule is C=CCn1c(=S)[nH]c2cc(C(=O)N(CC)Cc3cccs3)ccc2c1=O. The maximum absolute atomic E-state index is 12.9. The second-order valence-electron chi connectivity index (χ2n) is 5.79. The standard InChI is InChI=1S/C19H19N3O2S2/c1-3-9-22-18(24)15-8-7-13(11-16(15)20-19(22)25)17(23)21(4-2)12-14-6-5-10-26-14/h3,5-8,10-11H,1,4,9,12H2,2H3,(H,20,25). The molecule has 0 aliphatic rings. The molecule has 134 valence electrons. The topological polar surface area (TPSA) is 58.1 Å². The minimum atomic E-state index is -0.186. The predicted octanol–water partition coefficient (Wildman–Crippen LogP) is 3.97. The van der Waals surface area contributed by atoms with Gasteiger partial charge in [-0.05, 0) is 48.8 Å². The van der Waals surface area contributed by atoms with E-state index in [1.807, 2.05) is 24.4 Å². The van der Waals surface area contributed by atoms with E-state index >= 15 is 0 Å². The lowest BCUT2D eigenvalue weighted by molar-refractivity contribution is 0.0754. The van der Waals surface area contributed by atoms with Crippen LogP contribution in [0, 0.1) is 4.77 Å². The number of thiophene rings is 1. The van der Waals surface area contributed by atoms with Gasteiger partial charge in [-0.2, -0.15) is 0 Å². The Morgan fingerprint density at radius 3 is 2.88 bits per heavy atom. The molecular formula is C19H19N3O2S2. The number of allylic oxidation sites excluding steroid dienone is 1. The number of hydrogen-bond acceptors (Lipinski definition) is 4. The molecule has 0 radical (unpaired) electrons. The average molecular weight is 386 g/mol. The van der Waals surface area contributed by atoms with E-state index in [1.54, 1.807) is 40.5 Å². The molecule has 0 bridgehead atoms. The van der Waals surface area contributed by atoms with Gasteiger partial charge in [0, 0.05) is 23.5 Å². The number of aromatic nitrogens is 2. The van der Waals surface area contributed by atoms with Gasteiger partial charge in [0.1, 0.15) is 0 Å². The summed E-state index contributed by atoms with van der Waals surface area (Å²) in [7, 11) is 0. The second kappa shape index (κ2) is 7.80. The molecule has 2 heterocycles. The summed E-state index contributed by atoms with van der Waals surface area (Å²) >= 11 is 6.88. The molecule has 26 heavy (non-hydrogen) atoms. The van der Waals surface area contributed by atoms with Crippen LogP contribution in [0.4, 0.5) is 0 Å². The Kier molecular flexibility index (Phi) is 5.49. The molecule has 5 nitrogen and oxygen atoms in total. The van der Waals surface area contributed by atoms with Gasteiger partial charge < -0.3 is 9.88 Å². The van der Waals surface area contributed by atoms with E-state index in [2.05, 4.69) is 11.6 Å². The summed E-state index contributed by atoms with van der Waals surface area (Å²) < 4.78 is 1.76. The molecule has 1 N–H and O–H groups in total. The van der Waals surface area contributed by atoms with Gasteiger partial charge in [-0.25, -0.2) is 0 Å². The number of H-pyrrole nitrogens is 1. The molecule has 2 aromatic heterocycles. The molecule has 1 aromatic carbocycles. The van der Waals surface area contributed by atoms with Crippen LogP contribution in [-0.2, 0) is 13.1 Å². The van der Waals surface area contributed by atoms with Gasteiger partial charge in [0.25, 0.3) is 11.5 Å². The van der Waals surface area contributed by atoms with Crippen molar-refractivity contribution in [1.82, 2.24) is 14.5 Å². The Labute approximate surface area is 160 Å². The molecule has 3 aromatic rings. The van der Waals surface area contributed by atoms with Gasteiger partial charge in [-0.3, -0.25) is 14.2 Å². The quantitative estimate of drug-likeness (QED) is 0.516. The number of amides is 1. The zero-order valence-electron chi connectivity index (χ0n) is 14.4. The van der Waals surface area contributed by atoms with Crippen LogP contribution in [0.1, 0.15) is 22.2 Å². The molecule has 0 aliphatic carbocycles. The molecule has 7 heteroatoms. The van der Waals surface area contributed by atoms with Crippen molar-refractivity contribution in [3.8, 4) is 0 Å². The van der Waals surface area contributed by atoms with Crippen LogP contribution in [0.2, 0.25) is 0 Å². The first-order valence-corrected chi connectivity index (χ1v) is 9.53. The Hall–Kier alpha value is -2.51. The summed E-state index contributed by atoms with van der Waals surface area (Å²) in [5.41, 5.74) is 0.911. The summed E-state index contributed by atoms with van der Waals surface area (Å²) in [6.45, 7) is 7.11. The lowest BCUT2D eigenvalue weighted by atomic mass is 10.1. The van der Waals surface area contributed by atoms with Crippen molar-refractivity contribution in [3.05, 3.63) is 73.9 Å². The van der Waals surface area contributed by atoms with Crippen molar-refractivity contribution in [2.75, 3.05) is 6.54 Å². The molecule has 0 fully saturated rings. The van der Waals surface area contributed by atoms with Crippen LogP contribution >= 0.6 is 23.6 Å². The van der Waals surface area contributed by atoms with Gasteiger partial charge >= 0.3 is 0 Å². The van der Waals surface area contributed by atoms with Crippen molar-refractivity contribution in [1.29, 1.82) is 0 Å². The van der Waals surface area contributed by atoms with Crippen molar-refractivity contribution in [3.63, 3.8) is 0 Å². The van der Waals surface area contributed by atoms with Crippen molar-refractivity contribution >= 4 is 40.4 Å². The monoisotopic (exact) mass is 385 g/mol. The second-order valence-corrected chi connectivity index (χ2v) is 7.21. The first-order chi connectivity index (χ1) is 12.5. The van der Waals surface area contributed by atoms with E-state index in [4.69, 9.17) is 12.2 Å². The number of carbonyl (C=O) groups excluding carboxylic acids is 1. The fraction of sp³-hybridized carbons (Fsp3) is 0.211. The van der Waals surface area contributed by atoms with Crippen LogP contribution in [0.5, 0.6) is 0 Å².